The highest BCUT2D eigenvalue weighted by Gasteiger charge is 2.20. The van der Waals surface area contributed by atoms with Crippen LogP contribution < -0.4 is 10.9 Å². The lowest BCUT2D eigenvalue weighted by molar-refractivity contribution is 0.102. The third-order valence-corrected chi connectivity index (χ3v) is 6.55. The fraction of sp³-hybridized carbons (Fsp3) is 0.133. The first kappa shape index (κ1) is 23.4. The number of oxazole rings is 1. The Hall–Kier alpha value is -4.98. The van der Waals surface area contributed by atoms with E-state index >= 15 is 0 Å². The molecule has 0 aliphatic heterocycles. The molecule has 2 N–H and O–H groups in total. The molecule has 8 nitrogen and oxygen atoms in total. The number of anilines is 1. The van der Waals surface area contributed by atoms with Crippen LogP contribution >= 0.6 is 0 Å². The van der Waals surface area contributed by atoms with Gasteiger partial charge in [0.15, 0.2) is 5.58 Å². The highest BCUT2D eigenvalue weighted by atomic mass is 16.4. The predicted octanol–water partition coefficient (Wildman–Crippen LogP) is 6.68. The van der Waals surface area contributed by atoms with E-state index in [-0.39, 0.29) is 11.5 Å². The Morgan fingerprint density at radius 2 is 1.84 bits per heavy atom. The molecule has 188 valence electrons. The molecule has 0 atom stereocenters. The number of nitrogens with zero attached hydrogens (tertiary/aromatic N) is 2. The maximum absolute atomic E-state index is 13.0. The van der Waals surface area contributed by atoms with Gasteiger partial charge in [-0.3, -0.25) is 9.89 Å². The highest BCUT2D eigenvalue weighted by molar-refractivity contribution is 6.05. The van der Waals surface area contributed by atoms with E-state index in [1.54, 1.807) is 42.6 Å². The lowest BCUT2D eigenvalue weighted by Gasteiger charge is -2.07. The number of rotatable bonds is 5. The minimum absolute atomic E-state index is 0.0719. The maximum atomic E-state index is 13.0. The topological polar surface area (TPSA) is 114 Å². The van der Waals surface area contributed by atoms with Gasteiger partial charge in [-0.05, 0) is 48.2 Å². The third-order valence-electron chi connectivity index (χ3n) is 6.55. The van der Waals surface area contributed by atoms with Gasteiger partial charge in [-0.1, -0.05) is 56.3 Å². The van der Waals surface area contributed by atoms with Crippen molar-refractivity contribution in [2.75, 3.05) is 5.32 Å². The van der Waals surface area contributed by atoms with Crippen molar-refractivity contribution >= 4 is 33.7 Å². The number of amides is 1. The Balaban J connectivity index is 1.34. The van der Waals surface area contributed by atoms with Gasteiger partial charge in [0.2, 0.25) is 5.89 Å². The van der Waals surface area contributed by atoms with Gasteiger partial charge in [-0.15, -0.1) is 0 Å². The van der Waals surface area contributed by atoms with Gasteiger partial charge in [0, 0.05) is 22.8 Å². The molecule has 0 aliphatic rings. The highest BCUT2D eigenvalue weighted by Crippen LogP contribution is 2.36. The van der Waals surface area contributed by atoms with Crippen LogP contribution in [0, 0.1) is 6.92 Å². The predicted molar refractivity (Wildman–Crippen MR) is 146 cm³/mol. The molecular weight excluding hydrogens is 480 g/mol. The number of hydrogen-bond donors (Lipinski definition) is 2. The number of benzene rings is 3. The average Bonchev–Trinajstić information content (AvgIpc) is 3.56. The van der Waals surface area contributed by atoms with E-state index in [0.29, 0.717) is 33.8 Å². The van der Waals surface area contributed by atoms with Crippen molar-refractivity contribution in [2.45, 2.75) is 26.7 Å². The van der Waals surface area contributed by atoms with Crippen LogP contribution in [0.15, 0.2) is 86.6 Å². The molecule has 0 aliphatic carbocycles. The van der Waals surface area contributed by atoms with Gasteiger partial charge in [-0.2, -0.15) is 5.10 Å². The fourth-order valence-electron chi connectivity index (χ4n) is 4.56. The Labute approximate surface area is 217 Å². The second-order valence-corrected chi connectivity index (χ2v) is 9.49. The summed E-state index contributed by atoms with van der Waals surface area (Å²) in [4.78, 5) is 30.2. The summed E-state index contributed by atoms with van der Waals surface area (Å²) < 4.78 is 11.6. The van der Waals surface area contributed by atoms with Crippen molar-refractivity contribution in [2.24, 2.45) is 0 Å². The molecule has 0 saturated heterocycles. The smallest absolute Gasteiger partial charge is 0.349 e. The molecule has 0 spiro atoms. The summed E-state index contributed by atoms with van der Waals surface area (Å²) in [6.45, 7) is 6.26. The zero-order valence-corrected chi connectivity index (χ0v) is 21.0. The first-order valence-electron chi connectivity index (χ1n) is 12.3. The molecule has 38 heavy (non-hydrogen) atoms. The van der Waals surface area contributed by atoms with Crippen molar-refractivity contribution in [1.82, 2.24) is 15.2 Å². The summed E-state index contributed by atoms with van der Waals surface area (Å²) in [7, 11) is 0. The second-order valence-electron chi connectivity index (χ2n) is 9.49. The van der Waals surface area contributed by atoms with Gasteiger partial charge in [-0.25, -0.2) is 9.78 Å². The standard InChI is InChI=1S/C30H24N4O4/c1-16(2)21-12-11-17(3)25-27(21)38-29(33-25)23-15-31-34-26(23)19-8-6-9-20(13-19)32-28(35)22-14-18-7-4-5-10-24(18)37-30(22)36/h4-16H,1-3H3,(H,31,34)(H,32,35). The number of aromatic amines is 1. The Bertz CT molecular complexity index is 1890. The summed E-state index contributed by atoms with van der Waals surface area (Å²) in [6.07, 6.45) is 1.75. The first-order chi connectivity index (χ1) is 18.4. The minimum atomic E-state index is -0.695. The van der Waals surface area contributed by atoms with Crippen LogP contribution in [0.25, 0.3) is 44.8 Å². The lowest BCUT2D eigenvalue weighted by atomic mass is 10.0. The van der Waals surface area contributed by atoms with Crippen molar-refractivity contribution in [3.63, 3.8) is 0 Å². The molecular formula is C30H24N4O4. The number of fused-ring (bicyclic) bond motifs is 2. The van der Waals surface area contributed by atoms with Crippen LogP contribution in [0.2, 0.25) is 0 Å². The zero-order chi connectivity index (χ0) is 26.4. The molecule has 6 rings (SSSR count). The Kier molecular flexibility index (Phi) is 5.64. The summed E-state index contributed by atoms with van der Waals surface area (Å²) >= 11 is 0. The Morgan fingerprint density at radius 3 is 2.68 bits per heavy atom. The van der Waals surface area contributed by atoms with E-state index in [1.165, 1.54) is 6.07 Å². The van der Waals surface area contributed by atoms with E-state index in [4.69, 9.17) is 13.8 Å². The molecule has 0 bridgehead atoms. The van der Waals surface area contributed by atoms with Crippen molar-refractivity contribution in [3.05, 3.63) is 100 Å². The van der Waals surface area contributed by atoms with Crippen molar-refractivity contribution in [1.29, 1.82) is 0 Å². The minimum Gasteiger partial charge on any atom is -0.436 e. The van der Waals surface area contributed by atoms with Gasteiger partial charge < -0.3 is 14.2 Å². The van der Waals surface area contributed by atoms with E-state index < -0.39 is 11.5 Å². The normalized spacial score (nSPS) is 11.5. The number of aryl methyl sites for hydroxylation is 1. The average molecular weight is 505 g/mol. The molecule has 8 heteroatoms. The molecule has 3 heterocycles. The number of carbonyl (C=O) groups is 1. The lowest BCUT2D eigenvalue weighted by Crippen LogP contribution is -2.20. The monoisotopic (exact) mass is 504 g/mol. The van der Waals surface area contributed by atoms with Crippen molar-refractivity contribution < 1.29 is 13.6 Å². The van der Waals surface area contributed by atoms with Crippen LogP contribution in [0.5, 0.6) is 0 Å². The van der Waals surface area contributed by atoms with E-state index in [9.17, 15) is 9.59 Å². The SMILES string of the molecule is Cc1ccc(C(C)C)c2oc(-c3c[nH]nc3-c3cccc(NC(=O)c4cc5ccccc5oc4=O)c3)nc12. The van der Waals surface area contributed by atoms with E-state index in [1.807, 2.05) is 19.1 Å². The van der Waals surface area contributed by atoms with Crippen LogP contribution in [0.1, 0.15) is 41.3 Å². The Morgan fingerprint density at radius 1 is 1.00 bits per heavy atom. The van der Waals surface area contributed by atoms with Crippen molar-refractivity contribution in [3.8, 4) is 22.7 Å². The first-order valence-corrected chi connectivity index (χ1v) is 12.3. The number of carbonyl (C=O) groups excluding carboxylic acids is 1. The molecule has 3 aromatic carbocycles. The van der Waals surface area contributed by atoms with Crippen LogP contribution in [-0.2, 0) is 0 Å². The van der Waals surface area contributed by atoms with Gasteiger partial charge in [0.25, 0.3) is 5.91 Å². The number of para-hydroxylation sites is 1. The summed E-state index contributed by atoms with van der Waals surface area (Å²) in [5.41, 5.74) is 5.97. The van der Waals surface area contributed by atoms with Crippen LogP contribution in [0.3, 0.4) is 0 Å². The quantitative estimate of drug-likeness (QED) is 0.253. The largest absolute Gasteiger partial charge is 0.436 e. The maximum Gasteiger partial charge on any atom is 0.349 e. The summed E-state index contributed by atoms with van der Waals surface area (Å²) in [5.74, 6) is 0.191. The van der Waals surface area contributed by atoms with Crippen LogP contribution in [0.4, 0.5) is 5.69 Å². The van der Waals surface area contributed by atoms with E-state index in [2.05, 4.69) is 41.5 Å². The number of nitrogens with one attached hydrogen (secondary N) is 2. The molecule has 6 aromatic rings. The molecule has 1 amide bonds. The molecule has 0 fully saturated rings. The third kappa shape index (κ3) is 4.06. The van der Waals surface area contributed by atoms with Crippen LogP contribution in [-0.4, -0.2) is 21.1 Å². The van der Waals surface area contributed by atoms with Gasteiger partial charge >= 0.3 is 5.63 Å². The number of H-pyrrole nitrogens is 1. The zero-order valence-electron chi connectivity index (χ0n) is 21.0. The van der Waals surface area contributed by atoms with Gasteiger partial charge in [0.05, 0.1) is 5.56 Å². The van der Waals surface area contributed by atoms with E-state index in [0.717, 1.165) is 27.8 Å². The molecule has 0 unspecified atom stereocenters. The number of aromatic nitrogens is 3. The fourth-order valence-corrected chi connectivity index (χ4v) is 4.56. The second kappa shape index (κ2) is 9.15. The molecule has 0 radical (unpaired) electrons. The number of hydrogen-bond acceptors (Lipinski definition) is 6. The van der Waals surface area contributed by atoms with Gasteiger partial charge in [0.1, 0.15) is 22.4 Å². The summed E-state index contributed by atoms with van der Waals surface area (Å²) in [6, 6.07) is 19.9. The molecule has 3 aromatic heterocycles. The summed E-state index contributed by atoms with van der Waals surface area (Å²) in [5, 5.41) is 10.8. The molecule has 0 saturated carbocycles.